The summed E-state index contributed by atoms with van der Waals surface area (Å²) in [7, 11) is 0. The monoisotopic (exact) mass is 512 g/mol. The molecule has 3 aromatic rings. The van der Waals surface area contributed by atoms with Gasteiger partial charge in [0.25, 0.3) is 11.8 Å². The van der Waals surface area contributed by atoms with Crippen molar-refractivity contribution in [3.8, 4) is 11.5 Å². The van der Waals surface area contributed by atoms with Gasteiger partial charge in [0.05, 0.1) is 10.6 Å². The Bertz CT molecular complexity index is 1280. The number of carbonyl (C=O) groups excluding carboxylic acids is 1. The summed E-state index contributed by atoms with van der Waals surface area (Å²) in [5.41, 5.74) is -1.08. The molecule has 0 fully saturated rings. The van der Waals surface area contributed by atoms with E-state index in [0.717, 1.165) is 18.3 Å². The van der Waals surface area contributed by atoms with Gasteiger partial charge in [0.2, 0.25) is 5.82 Å². The second-order valence-corrected chi connectivity index (χ2v) is 8.26. The van der Waals surface area contributed by atoms with Gasteiger partial charge in [-0.2, -0.15) is 18.2 Å². The molecule has 1 aliphatic rings. The molecule has 184 valence electrons. The normalized spacial score (nSPS) is 17.4. The Morgan fingerprint density at radius 2 is 1.97 bits per heavy atom. The standard InChI is InChI=1S/C22H17ClF4N4O4/c1-21(30-19(32)11-34-13-2-3-15(23)16(24)6-13)8-12(9-21)20-29-18(31-35-20)10-33-14-4-5-28-17(7-14)22(25,26)27/h2-8H,9-11H2,1H3,(H,30,32). The molecule has 1 aliphatic carbocycles. The Labute approximate surface area is 200 Å². The fourth-order valence-corrected chi connectivity index (χ4v) is 3.40. The van der Waals surface area contributed by atoms with Gasteiger partial charge >= 0.3 is 6.18 Å². The lowest BCUT2D eigenvalue weighted by Crippen LogP contribution is -2.50. The number of aromatic nitrogens is 3. The number of amides is 1. The number of benzene rings is 1. The van der Waals surface area contributed by atoms with Crippen LogP contribution in [0.3, 0.4) is 0 Å². The summed E-state index contributed by atoms with van der Waals surface area (Å²) in [5, 5.41) is 6.49. The van der Waals surface area contributed by atoms with Gasteiger partial charge in [-0.15, -0.1) is 0 Å². The number of rotatable bonds is 8. The molecule has 1 N–H and O–H groups in total. The predicted molar refractivity (Wildman–Crippen MR) is 114 cm³/mol. The quantitative estimate of drug-likeness (QED) is 0.440. The summed E-state index contributed by atoms with van der Waals surface area (Å²) in [6.45, 7) is 1.24. The van der Waals surface area contributed by atoms with E-state index in [4.69, 9.17) is 25.6 Å². The molecule has 0 aliphatic heterocycles. The first-order chi connectivity index (χ1) is 16.5. The van der Waals surface area contributed by atoms with E-state index in [1.54, 1.807) is 13.0 Å². The van der Waals surface area contributed by atoms with Crippen molar-refractivity contribution in [2.75, 3.05) is 6.61 Å². The van der Waals surface area contributed by atoms with Gasteiger partial charge in [0, 0.05) is 30.3 Å². The lowest BCUT2D eigenvalue weighted by molar-refractivity contribution is -0.141. The Balaban J connectivity index is 1.28. The van der Waals surface area contributed by atoms with Crippen LogP contribution in [0.5, 0.6) is 11.5 Å². The third kappa shape index (κ3) is 6.07. The zero-order valence-electron chi connectivity index (χ0n) is 18.0. The lowest BCUT2D eigenvalue weighted by atomic mass is 9.80. The van der Waals surface area contributed by atoms with Gasteiger partial charge < -0.3 is 19.3 Å². The highest BCUT2D eigenvalue weighted by atomic mass is 35.5. The summed E-state index contributed by atoms with van der Waals surface area (Å²) < 4.78 is 67.4. The van der Waals surface area contributed by atoms with Crippen LogP contribution in [0.1, 0.15) is 30.8 Å². The number of nitrogens with one attached hydrogen (secondary N) is 1. The molecule has 8 nitrogen and oxygen atoms in total. The lowest BCUT2D eigenvalue weighted by Gasteiger charge is -2.35. The Hall–Kier alpha value is -3.67. The fourth-order valence-electron chi connectivity index (χ4n) is 3.29. The predicted octanol–water partition coefficient (Wildman–Crippen LogP) is 4.60. The molecule has 0 saturated carbocycles. The molecule has 1 amide bonds. The van der Waals surface area contributed by atoms with Crippen LogP contribution in [-0.2, 0) is 17.6 Å². The summed E-state index contributed by atoms with van der Waals surface area (Å²) in [5.74, 6) is -0.617. The minimum atomic E-state index is -4.59. The first kappa shape index (κ1) is 24.5. The van der Waals surface area contributed by atoms with Gasteiger partial charge in [-0.05, 0) is 25.1 Å². The SMILES string of the molecule is CC1(NC(=O)COc2ccc(Cl)c(F)c2)C=C(c2nc(COc3ccnc(C(F)(F)F)c3)no2)C1. The highest BCUT2D eigenvalue weighted by molar-refractivity contribution is 6.30. The summed E-state index contributed by atoms with van der Waals surface area (Å²) >= 11 is 5.61. The van der Waals surface area contributed by atoms with Gasteiger partial charge in [-0.25, -0.2) is 4.39 Å². The topological polar surface area (TPSA) is 99.4 Å². The Kier molecular flexibility index (Phi) is 6.66. The number of alkyl halides is 3. The molecular weight excluding hydrogens is 496 g/mol. The van der Waals surface area contributed by atoms with E-state index in [1.165, 1.54) is 18.2 Å². The number of hydrogen-bond donors (Lipinski definition) is 1. The molecule has 13 heteroatoms. The molecule has 2 aromatic heterocycles. The number of ether oxygens (including phenoxy) is 2. The maximum atomic E-state index is 13.4. The van der Waals surface area contributed by atoms with Crippen LogP contribution < -0.4 is 14.8 Å². The van der Waals surface area contributed by atoms with E-state index >= 15 is 0 Å². The van der Waals surface area contributed by atoms with Crippen LogP contribution in [0.25, 0.3) is 5.57 Å². The van der Waals surface area contributed by atoms with Crippen LogP contribution in [-0.4, -0.2) is 33.2 Å². The zero-order valence-corrected chi connectivity index (χ0v) is 18.8. The number of hydrogen-bond acceptors (Lipinski definition) is 7. The molecule has 0 radical (unpaired) electrons. The van der Waals surface area contributed by atoms with Crippen molar-refractivity contribution in [3.05, 3.63) is 70.9 Å². The van der Waals surface area contributed by atoms with E-state index in [0.29, 0.717) is 12.0 Å². The van der Waals surface area contributed by atoms with E-state index in [2.05, 4.69) is 20.4 Å². The van der Waals surface area contributed by atoms with Crippen molar-refractivity contribution >= 4 is 23.1 Å². The molecule has 1 unspecified atom stereocenters. The smallest absolute Gasteiger partial charge is 0.433 e. The van der Waals surface area contributed by atoms with Crippen molar-refractivity contribution in [1.29, 1.82) is 0 Å². The largest absolute Gasteiger partial charge is 0.485 e. The van der Waals surface area contributed by atoms with Crippen LogP contribution in [0.2, 0.25) is 5.02 Å². The molecule has 1 aromatic carbocycles. The Morgan fingerprint density at radius 1 is 1.23 bits per heavy atom. The first-order valence-electron chi connectivity index (χ1n) is 10.1. The molecule has 0 saturated heterocycles. The molecule has 35 heavy (non-hydrogen) atoms. The summed E-state index contributed by atoms with van der Waals surface area (Å²) in [6, 6.07) is 5.91. The number of halogens is 5. The fraction of sp³-hybridized carbons (Fsp3) is 0.273. The van der Waals surface area contributed by atoms with Crippen LogP contribution >= 0.6 is 11.6 Å². The van der Waals surface area contributed by atoms with Crippen LogP contribution in [0.4, 0.5) is 17.6 Å². The van der Waals surface area contributed by atoms with Gasteiger partial charge in [0.15, 0.2) is 13.2 Å². The minimum Gasteiger partial charge on any atom is -0.485 e. The van der Waals surface area contributed by atoms with Crippen LogP contribution in [0, 0.1) is 5.82 Å². The highest BCUT2D eigenvalue weighted by Crippen LogP contribution is 2.36. The first-order valence-corrected chi connectivity index (χ1v) is 10.5. The average molecular weight is 513 g/mol. The van der Waals surface area contributed by atoms with Crippen molar-refractivity contribution in [1.82, 2.24) is 20.4 Å². The van der Waals surface area contributed by atoms with Crippen molar-refractivity contribution in [3.63, 3.8) is 0 Å². The van der Waals surface area contributed by atoms with Crippen LogP contribution in [0.15, 0.2) is 47.1 Å². The second-order valence-electron chi connectivity index (χ2n) is 7.86. The molecular formula is C22H17ClF4N4O4. The molecule has 0 bridgehead atoms. The average Bonchev–Trinajstić information content (AvgIpc) is 3.25. The number of nitrogens with zero attached hydrogens (tertiary/aromatic N) is 3. The number of carbonyl (C=O) groups is 1. The molecule has 4 rings (SSSR count). The van der Waals surface area contributed by atoms with Crippen molar-refractivity contribution < 1.29 is 36.4 Å². The third-order valence-corrected chi connectivity index (χ3v) is 5.18. The summed E-state index contributed by atoms with van der Waals surface area (Å²) in [4.78, 5) is 19.6. The summed E-state index contributed by atoms with van der Waals surface area (Å²) in [6.07, 6.45) is -1.48. The maximum Gasteiger partial charge on any atom is 0.433 e. The highest BCUT2D eigenvalue weighted by Gasteiger charge is 2.36. The van der Waals surface area contributed by atoms with Gasteiger partial charge in [0.1, 0.15) is 23.0 Å². The van der Waals surface area contributed by atoms with E-state index in [-0.39, 0.29) is 41.5 Å². The van der Waals surface area contributed by atoms with Crippen molar-refractivity contribution in [2.24, 2.45) is 0 Å². The van der Waals surface area contributed by atoms with E-state index < -0.39 is 29.1 Å². The molecule has 1 atom stereocenters. The van der Waals surface area contributed by atoms with E-state index in [1.807, 2.05) is 0 Å². The number of pyridine rings is 1. The molecule has 2 heterocycles. The molecule has 0 spiro atoms. The second kappa shape index (κ2) is 9.53. The third-order valence-electron chi connectivity index (χ3n) is 4.87. The van der Waals surface area contributed by atoms with Gasteiger partial charge in [-0.3, -0.25) is 9.78 Å². The van der Waals surface area contributed by atoms with E-state index in [9.17, 15) is 22.4 Å². The maximum absolute atomic E-state index is 13.4. The Morgan fingerprint density at radius 3 is 2.69 bits per heavy atom. The van der Waals surface area contributed by atoms with Crippen molar-refractivity contribution in [2.45, 2.75) is 31.7 Å². The minimum absolute atomic E-state index is 0.0413. The zero-order chi connectivity index (χ0) is 25.2. The van der Waals surface area contributed by atoms with Gasteiger partial charge in [-0.1, -0.05) is 22.8 Å².